The lowest BCUT2D eigenvalue weighted by atomic mass is 10.0. The molecular formula is C13H11BrF2OS. The molecular weight excluding hydrogens is 322 g/mol. The molecule has 0 spiro atoms. The monoisotopic (exact) mass is 332 g/mol. The van der Waals surface area contributed by atoms with Gasteiger partial charge in [-0.2, -0.15) is 0 Å². The Labute approximate surface area is 116 Å². The van der Waals surface area contributed by atoms with Crippen molar-refractivity contribution in [3.8, 4) is 0 Å². The summed E-state index contributed by atoms with van der Waals surface area (Å²) in [5.74, 6) is -1.89. The summed E-state index contributed by atoms with van der Waals surface area (Å²) in [4.78, 5) is 1.57. The highest BCUT2D eigenvalue weighted by atomic mass is 79.9. The van der Waals surface area contributed by atoms with Gasteiger partial charge in [0.05, 0.1) is 0 Å². The molecule has 1 heterocycles. The molecule has 0 saturated heterocycles. The van der Waals surface area contributed by atoms with Crippen LogP contribution in [0.4, 0.5) is 8.78 Å². The highest BCUT2D eigenvalue weighted by molar-refractivity contribution is 9.10. The number of aliphatic hydroxyl groups excluding tert-OH is 1. The van der Waals surface area contributed by atoms with Crippen LogP contribution >= 0.6 is 27.3 Å². The van der Waals surface area contributed by atoms with Gasteiger partial charge in [-0.1, -0.05) is 12.1 Å². The highest BCUT2D eigenvalue weighted by Gasteiger charge is 2.21. The minimum Gasteiger partial charge on any atom is -0.383 e. The maximum absolute atomic E-state index is 13.8. The average molecular weight is 333 g/mol. The van der Waals surface area contributed by atoms with E-state index < -0.39 is 17.7 Å². The van der Waals surface area contributed by atoms with E-state index in [-0.39, 0.29) is 11.1 Å². The lowest BCUT2D eigenvalue weighted by Gasteiger charge is -2.11. The van der Waals surface area contributed by atoms with Crippen LogP contribution in [-0.2, 0) is 0 Å². The highest BCUT2D eigenvalue weighted by Crippen LogP contribution is 2.35. The fourth-order valence-corrected chi connectivity index (χ4v) is 3.21. The van der Waals surface area contributed by atoms with Crippen LogP contribution in [0, 0.1) is 25.5 Å². The Morgan fingerprint density at radius 3 is 2.44 bits per heavy atom. The Hall–Kier alpha value is -0.780. The molecule has 0 aliphatic rings. The zero-order valence-electron chi connectivity index (χ0n) is 9.80. The minimum atomic E-state index is -1.14. The van der Waals surface area contributed by atoms with Gasteiger partial charge in [-0.3, -0.25) is 0 Å². The van der Waals surface area contributed by atoms with Crippen molar-refractivity contribution in [3.05, 3.63) is 55.2 Å². The third-order valence-electron chi connectivity index (χ3n) is 2.75. The Balaban J connectivity index is 2.46. The largest absolute Gasteiger partial charge is 0.383 e. The molecule has 0 saturated carbocycles. The SMILES string of the molecule is Cc1ccc(C(O)c2cc(Br)c(C)s2)c(F)c1F. The van der Waals surface area contributed by atoms with Crippen LogP contribution in [0.25, 0.3) is 0 Å². The summed E-state index contributed by atoms with van der Waals surface area (Å²) in [5, 5.41) is 10.1. The Morgan fingerprint density at radius 1 is 1.22 bits per heavy atom. The molecule has 1 N–H and O–H groups in total. The van der Waals surface area contributed by atoms with Gasteiger partial charge in [-0.15, -0.1) is 11.3 Å². The van der Waals surface area contributed by atoms with E-state index >= 15 is 0 Å². The fraction of sp³-hybridized carbons (Fsp3) is 0.231. The van der Waals surface area contributed by atoms with Crippen molar-refractivity contribution in [2.24, 2.45) is 0 Å². The van der Waals surface area contributed by atoms with E-state index in [1.54, 1.807) is 6.07 Å². The van der Waals surface area contributed by atoms with Crippen molar-refractivity contribution >= 4 is 27.3 Å². The molecule has 2 aromatic rings. The molecule has 2 rings (SSSR count). The molecule has 1 unspecified atom stereocenters. The molecule has 0 radical (unpaired) electrons. The molecule has 0 fully saturated rings. The smallest absolute Gasteiger partial charge is 0.165 e. The van der Waals surface area contributed by atoms with Gasteiger partial charge in [0.2, 0.25) is 0 Å². The molecule has 5 heteroatoms. The summed E-state index contributed by atoms with van der Waals surface area (Å²) in [5.41, 5.74) is 0.193. The van der Waals surface area contributed by atoms with Crippen LogP contribution in [0.3, 0.4) is 0 Å². The van der Waals surface area contributed by atoms with Crippen LogP contribution in [-0.4, -0.2) is 5.11 Å². The van der Waals surface area contributed by atoms with Crippen LogP contribution in [0.1, 0.15) is 27.0 Å². The van der Waals surface area contributed by atoms with Gasteiger partial charge < -0.3 is 5.11 Å². The molecule has 0 aliphatic heterocycles. The first kappa shape index (κ1) is 13.6. The predicted octanol–water partition coefficient (Wildman–Crippen LogP) is 4.49. The lowest BCUT2D eigenvalue weighted by molar-refractivity contribution is 0.217. The Kier molecular flexibility index (Phi) is 3.84. The van der Waals surface area contributed by atoms with Crippen molar-refractivity contribution in [1.82, 2.24) is 0 Å². The van der Waals surface area contributed by atoms with Gasteiger partial charge in [0, 0.05) is 19.8 Å². The first-order valence-corrected chi connectivity index (χ1v) is 6.91. The second kappa shape index (κ2) is 5.07. The minimum absolute atomic E-state index is 0.0353. The predicted molar refractivity (Wildman–Crippen MR) is 71.9 cm³/mol. The molecule has 1 atom stereocenters. The zero-order chi connectivity index (χ0) is 13.4. The third kappa shape index (κ3) is 2.35. The summed E-state index contributed by atoms with van der Waals surface area (Å²) in [7, 11) is 0. The van der Waals surface area contributed by atoms with Gasteiger partial charge in [0.25, 0.3) is 0 Å². The Morgan fingerprint density at radius 2 is 1.89 bits per heavy atom. The van der Waals surface area contributed by atoms with Crippen molar-refractivity contribution in [2.45, 2.75) is 20.0 Å². The van der Waals surface area contributed by atoms with Crippen molar-refractivity contribution in [1.29, 1.82) is 0 Å². The van der Waals surface area contributed by atoms with E-state index in [2.05, 4.69) is 15.9 Å². The van der Waals surface area contributed by atoms with Gasteiger partial charge in [-0.05, 0) is 41.4 Å². The molecule has 1 nitrogen and oxygen atoms in total. The Bertz CT molecular complexity index is 575. The molecule has 1 aromatic carbocycles. The number of aliphatic hydroxyl groups is 1. The number of hydrogen-bond donors (Lipinski definition) is 1. The summed E-state index contributed by atoms with van der Waals surface area (Å²) >= 11 is 4.68. The summed E-state index contributed by atoms with van der Waals surface area (Å²) < 4.78 is 28.1. The normalized spacial score (nSPS) is 12.8. The molecule has 18 heavy (non-hydrogen) atoms. The van der Waals surface area contributed by atoms with Crippen LogP contribution < -0.4 is 0 Å². The van der Waals surface area contributed by atoms with Gasteiger partial charge >= 0.3 is 0 Å². The van der Waals surface area contributed by atoms with Crippen molar-refractivity contribution in [3.63, 3.8) is 0 Å². The number of thiophene rings is 1. The van der Waals surface area contributed by atoms with E-state index in [9.17, 15) is 13.9 Å². The van der Waals surface area contributed by atoms with Gasteiger partial charge in [0.15, 0.2) is 11.6 Å². The molecule has 0 aliphatic carbocycles. The second-order valence-corrected chi connectivity index (χ2v) is 6.20. The molecule has 0 bridgehead atoms. The lowest BCUT2D eigenvalue weighted by Crippen LogP contribution is -2.03. The maximum atomic E-state index is 13.8. The standard InChI is InChI=1S/C13H11BrF2OS/c1-6-3-4-8(12(16)11(6)15)13(17)10-5-9(14)7(2)18-10/h3-5,13,17H,1-2H3. The summed E-state index contributed by atoms with van der Waals surface area (Å²) in [6.07, 6.45) is -1.14. The van der Waals surface area contributed by atoms with Crippen LogP contribution in [0.5, 0.6) is 0 Å². The molecule has 0 amide bonds. The van der Waals surface area contributed by atoms with E-state index in [4.69, 9.17) is 0 Å². The van der Waals surface area contributed by atoms with Gasteiger partial charge in [0.1, 0.15) is 6.10 Å². The topological polar surface area (TPSA) is 20.2 Å². The van der Waals surface area contributed by atoms with Crippen LogP contribution in [0.2, 0.25) is 0 Å². The maximum Gasteiger partial charge on any atom is 0.165 e. The number of rotatable bonds is 2. The van der Waals surface area contributed by atoms with E-state index in [0.29, 0.717) is 4.88 Å². The summed E-state index contributed by atoms with van der Waals surface area (Å²) in [6, 6.07) is 4.61. The molecule has 1 aromatic heterocycles. The van der Waals surface area contributed by atoms with E-state index in [1.165, 1.54) is 30.4 Å². The third-order valence-corrected chi connectivity index (χ3v) is 4.93. The molecule has 96 valence electrons. The zero-order valence-corrected chi connectivity index (χ0v) is 12.2. The number of aryl methyl sites for hydroxylation is 2. The van der Waals surface area contributed by atoms with E-state index in [1.807, 2.05) is 6.92 Å². The van der Waals surface area contributed by atoms with E-state index in [0.717, 1.165) is 9.35 Å². The number of hydrogen-bond acceptors (Lipinski definition) is 2. The first-order chi connectivity index (χ1) is 8.41. The first-order valence-electron chi connectivity index (χ1n) is 5.30. The quantitative estimate of drug-likeness (QED) is 0.859. The van der Waals surface area contributed by atoms with Crippen molar-refractivity contribution in [2.75, 3.05) is 0 Å². The summed E-state index contributed by atoms with van der Waals surface area (Å²) in [6.45, 7) is 3.37. The number of benzene rings is 1. The van der Waals surface area contributed by atoms with Crippen LogP contribution in [0.15, 0.2) is 22.7 Å². The number of halogens is 3. The average Bonchev–Trinajstić information content (AvgIpc) is 2.66. The fourth-order valence-electron chi connectivity index (χ4n) is 1.64. The second-order valence-electron chi connectivity index (χ2n) is 4.06. The van der Waals surface area contributed by atoms with Crippen molar-refractivity contribution < 1.29 is 13.9 Å². The van der Waals surface area contributed by atoms with Gasteiger partial charge in [-0.25, -0.2) is 8.78 Å².